The minimum atomic E-state index is -3.33. The molecule has 0 saturated carbocycles. The standard InChI is InChI=1S/C18H26N2O3S/c1-24(22,23)20-12-6-5-9-17(20)18(21)19-13-10-16(11-14-19)15-7-3-2-4-8-15/h2-4,7-8,16-17H,5-6,9-14H2,1H3. The number of nitrogens with zero attached hydrogens (tertiary/aromatic N) is 2. The van der Waals surface area contributed by atoms with Gasteiger partial charge in [-0.3, -0.25) is 4.79 Å². The number of piperidine rings is 2. The van der Waals surface area contributed by atoms with Gasteiger partial charge in [0.25, 0.3) is 0 Å². The SMILES string of the molecule is CS(=O)(=O)N1CCCCC1C(=O)N1CCC(c2ccccc2)CC1. The van der Waals surface area contributed by atoms with Crippen LogP contribution in [-0.4, -0.2) is 55.5 Å². The third-order valence-electron chi connectivity index (χ3n) is 5.24. The Labute approximate surface area is 144 Å². The summed E-state index contributed by atoms with van der Waals surface area (Å²) < 4.78 is 25.4. The summed E-state index contributed by atoms with van der Waals surface area (Å²) in [6.45, 7) is 1.90. The molecule has 24 heavy (non-hydrogen) atoms. The maximum Gasteiger partial charge on any atom is 0.241 e. The Morgan fingerprint density at radius 3 is 2.29 bits per heavy atom. The average Bonchev–Trinajstić information content (AvgIpc) is 2.61. The lowest BCUT2D eigenvalue weighted by Crippen LogP contribution is -2.53. The van der Waals surface area contributed by atoms with Crippen LogP contribution in [-0.2, 0) is 14.8 Å². The lowest BCUT2D eigenvalue weighted by Gasteiger charge is -2.39. The minimum Gasteiger partial charge on any atom is -0.341 e. The third kappa shape index (κ3) is 3.81. The summed E-state index contributed by atoms with van der Waals surface area (Å²) in [6, 6.07) is 9.92. The number of likely N-dealkylation sites (tertiary alicyclic amines) is 1. The Bertz CT molecular complexity index is 667. The van der Waals surface area contributed by atoms with Gasteiger partial charge in [0.2, 0.25) is 15.9 Å². The molecule has 0 aliphatic carbocycles. The molecule has 0 radical (unpaired) electrons. The van der Waals surface area contributed by atoms with Crippen LogP contribution in [0.2, 0.25) is 0 Å². The normalized spacial score (nSPS) is 24.0. The van der Waals surface area contributed by atoms with E-state index in [9.17, 15) is 13.2 Å². The summed E-state index contributed by atoms with van der Waals surface area (Å²) in [5.74, 6) is 0.485. The van der Waals surface area contributed by atoms with Gasteiger partial charge in [-0.2, -0.15) is 4.31 Å². The molecule has 2 saturated heterocycles. The van der Waals surface area contributed by atoms with E-state index in [0.717, 1.165) is 25.7 Å². The first-order valence-corrected chi connectivity index (χ1v) is 10.6. The van der Waals surface area contributed by atoms with Gasteiger partial charge in [-0.1, -0.05) is 36.8 Å². The summed E-state index contributed by atoms with van der Waals surface area (Å²) in [6.07, 6.45) is 5.50. The van der Waals surface area contributed by atoms with Crippen molar-refractivity contribution >= 4 is 15.9 Å². The molecule has 0 bridgehead atoms. The fourth-order valence-corrected chi connectivity index (χ4v) is 5.04. The van der Waals surface area contributed by atoms with E-state index in [1.165, 1.54) is 16.1 Å². The lowest BCUT2D eigenvalue weighted by atomic mass is 9.89. The predicted molar refractivity (Wildman–Crippen MR) is 94.2 cm³/mol. The van der Waals surface area contributed by atoms with Gasteiger partial charge in [0.05, 0.1) is 6.26 Å². The second-order valence-electron chi connectivity index (χ2n) is 6.90. The molecule has 0 spiro atoms. The smallest absolute Gasteiger partial charge is 0.241 e. The molecule has 1 unspecified atom stereocenters. The van der Waals surface area contributed by atoms with E-state index in [2.05, 4.69) is 24.3 Å². The molecule has 132 valence electrons. The largest absolute Gasteiger partial charge is 0.341 e. The number of rotatable bonds is 3. The molecule has 1 amide bonds. The topological polar surface area (TPSA) is 57.7 Å². The summed E-state index contributed by atoms with van der Waals surface area (Å²) >= 11 is 0. The average molecular weight is 350 g/mol. The second kappa shape index (κ2) is 7.23. The van der Waals surface area contributed by atoms with Crippen LogP contribution in [0, 0.1) is 0 Å². The van der Waals surface area contributed by atoms with Crippen LogP contribution >= 0.6 is 0 Å². The van der Waals surface area contributed by atoms with Crippen LogP contribution < -0.4 is 0 Å². The Kier molecular flexibility index (Phi) is 5.25. The van der Waals surface area contributed by atoms with Crippen molar-refractivity contribution in [1.82, 2.24) is 9.21 Å². The molecule has 1 aromatic rings. The van der Waals surface area contributed by atoms with Crippen molar-refractivity contribution in [1.29, 1.82) is 0 Å². The predicted octanol–water partition coefficient (Wildman–Crippen LogP) is 2.21. The molecule has 2 aliphatic rings. The number of hydrogen-bond donors (Lipinski definition) is 0. The van der Waals surface area contributed by atoms with Crippen LogP contribution in [0.1, 0.15) is 43.6 Å². The molecule has 2 heterocycles. The van der Waals surface area contributed by atoms with Gasteiger partial charge in [0.1, 0.15) is 6.04 Å². The van der Waals surface area contributed by atoms with E-state index in [4.69, 9.17) is 0 Å². The molecule has 1 atom stereocenters. The molecule has 5 nitrogen and oxygen atoms in total. The Morgan fingerprint density at radius 2 is 1.67 bits per heavy atom. The van der Waals surface area contributed by atoms with Gasteiger partial charge in [0, 0.05) is 19.6 Å². The van der Waals surface area contributed by atoms with Crippen molar-refractivity contribution in [2.24, 2.45) is 0 Å². The minimum absolute atomic E-state index is 0.00774. The van der Waals surface area contributed by atoms with Crippen molar-refractivity contribution in [2.45, 2.75) is 44.1 Å². The van der Waals surface area contributed by atoms with Gasteiger partial charge < -0.3 is 4.90 Å². The Morgan fingerprint density at radius 1 is 1.00 bits per heavy atom. The first-order valence-electron chi connectivity index (χ1n) is 8.77. The van der Waals surface area contributed by atoms with Gasteiger partial charge in [0.15, 0.2) is 0 Å². The first-order chi connectivity index (χ1) is 11.5. The molecular weight excluding hydrogens is 324 g/mol. The highest BCUT2D eigenvalue weighted by molar-refractivity contribution is 7.88. The van der Waals surface area contributed by atoms with Crippen LogP contribution in [0.15, 0.2) is 30.3 Å². The molecular formula is C18H26N2O3S. The number of hydrogen-bond acceptors (Lipinski definition) is 3. The summed E-state index contributed by atoms with van der Waals surface area (Å²) in [7, 11) is -3.33. The monoisotopic (exact) mass is 350 g/mol. The number of sulfonamides is 1. The van der Waals surface area contributed by atoms with E-state index in [0.29, 0.717) is 32.0 Å². The van der Waals surface area contributed by atoms with Crippen molar-refractivity contribution < 1.29 is 13.2 Å². The van der Waals surface area contributed by atoms with Crippen LogP contribution in [0.25, 0.3) is 0 Å². The molecule has 0 aromatic heterocycles. The van der Waals surface area contributed by atoms with E-state index < -0.39 is 16.1 Å². The summed E-state index contributed by atoms with van der Waals surface area (Å²) in [5, 5.41) is 0. The molecule has 2 aliphatic heterocycles. The number of carbonyl (C=O) groups is 1. The quantitative estimate of drug-likeness (QED) is 0.840. The first kappa shape index (κ1) is 17.4. The maximum absolute atomic E-state index is 12.9. The van der Waals surface area contributed by atoms with E-state index in [-0.39, 0.29) is 5.91 Å². The van der Waals surface area contributed by atoms with Crippen molar-refractivity contribution in [2.75, 3.05) is 25.9 Å². The zero-order chi connectivity index (χ0) is 17.2. The molecule has 1 aromatic carbocycles. The number of benzene rings is 1. The van der Waals surface area contributed by atoms with Gasteiger partial charge in [-0.25, -0.2) is 8.42 Å². The lowest BCUT2D eigenvalue weighted by molar-refractivity contribution is -0.137. The molecule has 3 rings (SSSR count). The fourth-order valence-electron chi connectivity index (χ4n) is 3.92. The van der Waals surface area contributed by atoms with Crippen LogP contribution in [0.3, 0.4) is 0 Å². The Hall–Kier alpha value is -1.40. The van der Waals surface area contributed by atoms with E-state index in [1.807, 2.05) is 11.0 Å². The molecule has 6 heteroatoms. The third-order valence-corrected chi connectivity index (χ3v) is 6.53. The van der Waals surface area contributed by atoms with E-state index in [1.54, 1.807) is 0 Å². The Balaban J connectivity index is 1.64. The van der Waals surface area contributed by atoms with Gasteiger partial charge in [-0.15, -0.1) is 0 Å². The van der Waals surface area contributed by atoms with Crippen molar-refractivity contribution in [3.63, 3.8) is 0 Å². The molecule has 0 N–H and O–H groups in total. The highest BCUT2D eigenvalue weighted by Gasteiger charge is 2.37. The van der Waals surface area contributed by atoms with Crippen LogP contribution in [0.4, 0.5) is 0 Å². The maximum atomic E-state index is 12.9. The highest BCUT2D eigenvalue weighted by atomic mass is 32.2. The fraction of sp³-hybridized carbons (Fsp3) is 0.611. The zero-order valence-corrected chi connectivity index (χ0v) is 15.0. The number of amides is 1. The van der Waals surface area contributed by atoms with Crippen molar-refractivity contribution in [3.8, 4) is 0 Å². The van der Waals surface area contributed by atoms with Gasteiger partial charge >= 0.3 is 0 Å². The second-order valence-corrected chi connectivity index (χ2v) is 8.83. The molecule has 2 fully saturated rings. The van der Waals surface area contributed by atoms with E-state index >= 15 is 0 Å². The zero-order valence-electron chi connectivity index (χ0n) is 14.2. The summed E-state index contributed by atoms with van der Waals surface area (Å²) in [5.41, 5.74) is 1.33. The number of carbonyl (C=O) groups excluding carboxylic acids is 1. The van der Waals surface area contributed by atoms with Crippen molar-refractivity contribution in [3.05, 3.63) is 35.9 Å². The summed E-state index contributed by atoms with van der Waals surface area (Å²) in [4.78, 5) is 14.7. The van der Waals surface area contributed by atoms with Gasteiger partial charge in [-0.05, 0) is 37.2 Å². The highest BCUT2D eigenvalue weighted by Crippen LogP contribution is 2.29. The van der Waals surface area contributed by atoms with Crippen LogP contribution in [0.5, 0.6) is 0 Å².